The minimum absolute atomic E-state index is 0.00666. The van der Waals surface area contributed by atoms with Crippen LogP contribution in [0, 0.1) is 0 Å². The van der Waals surface area contributed by atoms with Gasteiger partial charge in [0.15, 0.2) is 0 Å². The molecule has 0 radical (unpaired) electrons. The summed E-state index contributed by atoms with van der Waals surface area (Å²) in [7, 11) is -3.12. The van der Waals surface area contributed by atoms with E-state index in [-0.39, 0.29) is 5.91 Å². The van der Waals surface area contributed by atoms with Crippen LogP contribution >= 0.6 is 0 Å². The Labute approximate surface area is 97.0 Å². The van der Waals surface area contributed by atoms with E-state index in [4.69, 9.17) is 5.73 Å². The van der Waals surface area contributed by atoms with Crippen LogP contribution in [0.1, 0.15) is 25.7 Å². The fraction of sp³-hybridized carbons (Fsp3) is 0.889. The largest absolute Gasteiger partial charge is 0.356 e. The van der Waals surface area contributed by atoms with E-state index in [1.54, 1.807) is 0 Å². The Kier molecular flexibility index (Phi) is 8.14. The van der Waals surface area contributed by atoms with Gasteiger partial charge in [-0.1, -0.05) is 0 Å². The number of nitrogens with one attached hydrogen (secondary N) is 2. The first-order chi connectivity index (χ1) is 7.45. The molecule has 0 bridgehead atoms. The van der Waals surface area contributed by atoms with E-state index in [0.717, 1.165) is 19.1 Å². The van der Waals surface area contributed by atoms with Gasteiger partial charge in [-0.05, 0) is 25.8 Å². The molecule has 0 heterocycles. The molecule has 4 N–H and O–H groups in total. The van der Waals surface area contributed by atoms with E-state index in [2.05, 4.69) is 10.0 Å². The average molecular weight is 251 g/mol. The molecule has 0 rings (SSSR count). The van der Waals surface area contributed by atoms with Crippen molar-refractivity contribution in [3.8, 4) is 0 Å². The number of sulfonamides is 1. The Morgan fingerprint density at radius 2 is 1.88 bits per heavy atom. The van der Waals surface area contributed by atoms with Crippen LogP contribution in [0.5, 0.6) is 0 Å². The molecular formula is C9H21N3O3S. The maximum atomic E-state index is 11.2. The number of carbonyl (C=O) groups excluding carboxylic acids is 1. The fourth-order valence-corrected chi connectivity index (χ4v) is 1.61. The summed E-state index contributed by atoms with van der Waals surface area (Å²) < 4.78 is 23.7. The SMILES string of the molecule is CS(=O)(=O)NCCCNC(=O)CCCCN. The zero-order valence-corrected chi connectivity index (χ0v) is 10.5. The first kappa shape index (κ1) is 15.3. The van der Waals surface area contributed by atoms with Gasteiger partial charge < -0.3 is 11.1 Å². The summed E-state index contributed by atoms with van der Waals surface area (Å²) in [6.45, 7) is 1.44. The molecule has 7 heteroatoms. The zero-order chi connectivity index (χ0) is 12.4. The molecule has 0 aliphatic heterocycles. The minimum Gasteiger partial charge on any atom is -0.356 e. The summed E-state index contributed by atoms with van der Waals surface area (Å²) in [5.74, 6) is -0.00666. The summed E-state index contributed by atoms with van der Waals surface area (Å²) in [6, 6.07) is 0. The Bertz CT molecular complexity index is 290. The van der Waals surface area contributed by atoms with Crippen LogP contribution in [-0.4, -0.2) is 40.2 Å². The van der Waals surface area contributed by atoms with Gasteiger partial charge in [0.25, 0.3) is 0 Å². The molecule has 0 fully saturated rings. The third-order valence-corrected chi connectivity index (χ3v) is 2.63. The molecule has 16 heavy (non-hydrogen) atoms. The van der Waals surface area contributed by atoms with E-state index >= 15 is 0 Å². The first-order valence-electron chi connectivity index (χ1n) is 5.37. The molecule has 0 atom stereocenters. The van der Waals surface area contributed by atoms with Crippen LogP contribution in [0.2, 0.25) is 0 Å². The molecule has 0 aliphatic carbocycles. The lowest BCUT2D eigenvalue weighted by atomic mass is 10.2. The van der Waals surface area contributed by atoms with Gasteiger partial charge in [-0.25, -0.2) is 13.1 Å². The smallest absolute Gasteiger partial charge is 0.219 e. The Morgan fingerprint density at radius 1 is 1.19 bits per heavy atom. The average Bonchev–Trinajstić information content (AvgIpc) is 2.16. The van der Waals surface area contributed by atoms with E-state index in [1.165, 1.54) is 0 Å². The van der Waals surface area contributed by atoms with Crippen molar-refractivity contribution >= 4 is 15.9 Å². The number of rotatable bonds is 9. The van der Waals surface area contributed by atoms with Crippen molar-refractivity contribution in [2.24, 2.45) is 5.73 Å². The van der Waals surface area contributed by atoms with Crippen LogP contribution < -0.4 is 15.8 Å². The summed E-state index contributed by atoms with van der Waals surface area (Å²) in [5, 5.41) is 2.71. The van der Waals surface area contributed by atoms with Gasteiger partial charge in [-0.15, -0.1) is 0 Å². The van der Waals surface area contributed by atoms with Gasteiger partial charge in [-0.2, -0.15) is 0 Å². The maximum Gasteiger partial charge on any atom is 0.219 e. The van der Waals surface area contributed by atoms with Crippen molar-refractivity contribution in [1.82, 2.24) is 10.0 Å². The van der Waals surface area contributed by atoms with Crippen LogP contribution in [0.15, 0.2) is 0 Å². The highest BCUT2D eigenvalue weighted by atomic mass is 32.2. The van der Waals surface area contributed by atoms with Gasteiger partial charge in [0.2, 0.25) is 15.9 Å². The molecule has 0 saturated heterocycles. The molecule has 0 spiro atoms. The van der Waals surface area contributed by atoms with Gasteiger partial charge in [0.1, 0.15) is 0 Å². The highest BCUT2D eigenvalue weighted by molar-refractivity contribution is 7.88. The second-order valence-electron chi connectivity index (χ2n) is 3.62. The fourth-order valence-electron chi connectivity index (χ4n) is 1.09. The summed E-state index contributed by atoms with van der Waals surface area (Å²) in [5.41, 5.74) is 5.30. The van der Waals surface area contributed by atoms with Crippen molar-refractivity contribution in [2.75, 3.05) is 25.9 Å². The quantitative estimate of drug-likeness (QED) is 0.466. The van der Waals surface area contributed by atoms with Gasteiger partial charge in [-0.3, -0.25) is 4.79 Å². The molecule has 0 saturated carbocycles. The first-order valence-corrected chi connectivity index (χ1v) is 7.26. The molecule has 0 aromatic heterocycles. The number of nitrogens with two attached hydrogens (primary N) is 1. The standard InChI is InChI=1S/C9H21N3O3S/c1-16(14,15)12-8-4-7-11-9(13)5-2-3-6-10/h12H,2-8,10H2,1H3,(H,11,13). The van der Waals surface area contributed by atoms with E-state index < -0.39 is 10.0 Å². The van der Waals surface area contributed by atoms with E-state index in [9.17, 15) is 13.2 Å². The topological polar surface area (TPSA) is 101 Å². The van der Waals surface area contributed by atoms with Gasteiger partial charge in [0.05, 0.1) is 6.26 Å². The second-order valence-corrected chi connectivity index (χ2v) is 5.45. The van der Waals surface area contributed by atoms with Gasteiger partial charge >= 0.3 is 0 Å². The zero-order valence-electron chi connectivity index (χ0n) is 9.66. The predicted molar refractivity (Wildman–Crippen MR) is 63.4 cm³/mol. The van der Waals surface area contributed by atoms with Gasteiger partial charge in [0, 0.05) is 19.5 Å². The monoisotopic (exact) mass is 251 g/mol. The maximum absolute atomic E-state index is 11.2. The van der Waals surface area contributed by atoms with Crippen molar-refractivity contribution < 1.29 is 13.2 Å². The molecule has 0 aromatic rings. The minimum atomic E-state index is -3.12. The number of hydrogen-bond acceptors (Lipinski definition) is 4. The Balaban J connectivity index is 3.34. The molecule has 6 nitrogen and oxygen atoms in total. The lowest BCUT2D eigenvalue weighted by molar-refractivity contribution is -0.121. The molecule has 1 amide bonds. The Morgan fingerprint density at radius 3 is 2.44 bits per heavy atom. The van der Waals surface area contributed by atoms with Crippen molar-refractivity contribution in [3.63, 3.8) is 0 Å². The second kappa shape index (κ2) is 8.49. The lowest BCUT2D eigenvalue weighted by Crippen LogP contribution is -2.29. The summed E-state index contributed by atoms with van der Waals surface area (Å²) in [4.78, 5) is 11.2. The highest BCUT2D eigenvalue weighted by Gasteiger charge is 2.01. The number of unbranched alkanes of at least 4 members (excludes halogenated alkanes) is 1. The molecule has 96 valence electrons. The third-order valence-electron chi connectivity index (χ3n) is 1.90. The normalized spacial score (nSPS) is 11.4. The number of carbonyl (C=O) groups is 1. The molecule has 0 aliphatic rings. The van der Waals surface area contributed by atoms with E-state index in [1.807, 2.05) is 0 Å². The summed E-state index contributed by atoms with van der Waals surface area (Å²) >= 11 is 0. The van der Waals surface area contributed by atoms with Crippen LogP contribution in [-0.2, 0) is 14.8 Å². The van der Waals surface area contributed by atoms with Crippen molar-refractivity contribution in [3.05, 3.63) is 0 Å². The lowest BCUT2D eigenvalue weighted by Gasteiger charge is -2.05. The molecular weight excluding hydrogens is 230 g/mol. The number of hydrogen-bond donors (Lipinski definition) is 3. The van der Waals surface area contributed by atoms with Crippen LogP contribution in [0.4, 0.5) is 0 Å². The molecule has 0 unspecified atom stereocenters. The predicted octanol–water partition coefficient (Wildman–Crippen LogP) is -0.829. The third kappa shape index (κ3) is 11.4. The Hall–Kier alpha value is -0.660. The molecule has 0 aromatic carbocycles. The van der Waals surface area contributed by atoms with Crippen LogP contribution in [0.3, 0.4) is 0 Å². The number of amides is 1. The highest BCUT2D eigenvalue weighted by Crippen LogP contribution is 1.92. The van der Waals surface area contributed by atoms with Crippen molar-refractivity contribution in [1.29, 1.82) is 0 Å². The summed E-state index contributed by atoms with van der Waals surface area (Å²) in [6.07, 6.45) is 3.83. The van der Waals surface area contributed by atoms with Crippen molar-refractivity contribution in [2.45, 2.75) is 25.7 Å². The van der Waals surface area contributed by atoms with Crippen LogP contribution in [0.25, 0.3) is 0 Å². The van der Waals surface area contributed by atoms with E-state index in [0.29, 0.717) is 32.5 Å².